The largest absolute Gasteiger partial charge is 0.378 e. The van der Waals surface area contributed by atoms with E-state index in [1.54, 1.807) is 0 Å². The molecule has 4 heteroatoms. The van der Waals surface area contributed by atoms with Crippen molar-refractivity contribution in [2.45, 2.75) is 40.7 Å². The van der Waals surface area contributed by atoms with Gasteiger partial charge in [-0.3, -0.25) is 4.79 Å². The monoisotopic (exact) mass is 242 g/mol. The summed E-state index contributed by atoms with van der Waals surface area (Å²) in [5.74, 6) is 0.0435. The van der Waals surface area contributed by atoms with Gasteiger partial charge in [-0.25, -0.2) is 0 Å². The van der Waals surface area contributed by atoms with Crippen molar-refractivity contribution in [3.05, 3.63) is 0 Å². The Balaban J connectivity index is 2.42. The summed E-state index contributed by atoms with van der Waals surface area (Å²) in [4.78, 5) is 11.9. The molecule has 1 amide bonds. The zero-order chi connectivity index (χ0) is 13.1. The minimum Gasteiger partial charge on any atom is -0.378 e. The lowest BCUT2D eigenvalue weighted by Gasteiger charge is -2.39. The number of hydrogen-bond acceptors (Lipinski definition) is 3. The van der Waals surface area contributed by atoms with E-state index in [-0.39, 0.29) is 22.8 Å². The van der Waals surface area contributed by atoms with Crippen molar-refractivity contribution in [3.63, 3.8) is 0 Å². The summed E-state index contributed by atoms with van der Waals surface area (Å²) in [6.45, 7) is 13.5. The quantitative estimate of drug-likeness (QED) is 0.781. The zero-order valence-corrected chi connectivity index (χ0v) is 11.7. The minimum atomic E-state index is -0.195. The third-order valence-electron chi connectivity index (χ3n) is 3.97. The SMILES string of the molecule is CC(C)(C)C(C)(C)CNC(=O)C1COCCN1. The summed E-state index contributed by atoms with van der Waals surface area (Å²) in [6.07, 6.45) is 0. The Labute approximate surface area is 104 Å². The number of carbonyl (C=O) groups excluding carboxylic acids is 1. The molecule has 0 bridgehead atoms. The maximum atomic E-state index is 11.9. The minimum absolute atomic E-state index is 0.0435. The van der Waals surface area contributed by atoms with Crippen LogP contribution in [0.5, 0.6) is 0 Å². The molecule has 0 spiro atoms. The van der Waals surface area contributed by atoms with Crippen LogP contribution in [0.15, 0.2) is 0 Å². The molecule has 1 unspecified atom stereocenters. The van der Waals surface area contributed by atoms with Gasteiger partial charge in [0.25, 0.3) is 0 Å². The molecule has 1 rings (SSSR count). The predicted molar refractivity (Wildman–Crippen MR) is 68.9 cm³/mol. The summed E-state index contributed by atoms with van der Waals surface area (Å²) in [7, 11) is 0. The van der Waals surface area contributed by atoms with Gasteiger partial charge in [-0.15, -0.1) is 0 Å². The van der Waals surface area contributed by atoms with Crippen LogP contribution >= 0.6 is 0 Å². The molecule has 1 fully saturated rings. The van der Waals surface area contributed by atoms with E-state index in [4.69, 9.17) is 4.74 Å². The lowest BCUT2D eigenvalue weighted by molar-refractivity contribution is -0.126. The van der Waals surface area contributed by atoms with Gasteiger partial charge in [-0.05, 0) is 10.8 Å². The van der Waals surface area contributed by atoms with Crippen LogP contribution < -0.4 is 10.6 Å². The maximum Gasteiger partial charge on any atom is 0.239 e. The summed E-state index contributed by atoms with van der Waals surface area (Å²) < 4.78 is 5.28. The van der Waals surface area contributed by atoms with Gasteiger partial charge < -0.3 is 15.4 Å². The summed E-state index contributed by atoms with van der Waals surface area (Å²) >= 11 is 0. The van der Waals surface area contributed by atoms with E-state index >= 15 is 0 Å². The van der Waals surface area contributed by atoms with Crippen LogP contribution in [-0.2, 0) is 9.53 Å². The van der Waals surface area contributed by atoms with Gasteiger partial charge in [0, 0.05) is 13.1 Å². The first-order valence-corrected chi connectivity index (χ1v) is 6.33. The number of rotatable bonds is 3. The molecule has 1 aliphatic heterocycles. The molecule has 17 heavy (non-hydrogen) atoms. The lowest BCUT2D eigenvalue weighted by Crippen LogP contribution is -2.53. The average molecular weight is 242 g/mol. The van der Waals surface area contributed by atoms with Gasteiger partial charge in [0.05, 0.1) is 13.2 Å². The van der Waals surface area contributed by atoms with Gasteiger partial charge in [0.1, 0.15) is 6.04 Å². The van der Waals surface area contributed by atoms with Gasteiger partial charge >= 0.3 is 0 Å². The Hall–Kier alpha value is -0.610. The standard InChI is InChI=1S/C13H26N2O2/c1-12(2,3)13(4,5)9-15-11(16)10-8-17-7-6-14-10/h10,14H,6-9H2,1-5H3,(H,15,16). The zero-order valence-electron chi connectivity index (χ0n) is 11.7. The van der Waals surface area contributed by atoms with Crippen molar-refractivity contribution in [3.8, 4) is 0 Å². The molecule has 0 saturated carbocycles. The summed E-state index contributed by atoms with van der Waals surface area (Å²) in [5, 5.41) is 6.17. The number of carbonyl (C=O) groups is 1. The molecule has 1 aliphatic rings. The van der Waals surface area contributed by atoms with E-state index in [2.05, 4.69) is 45.3 Å². The fourth-order valence-corrected chi connectivity index (χ4v) is 1.43. The van der Waals surface area contributed by atoms with E-state index in [9.17, 15) is 4.79 Å². The van der Waals surface area contributed by atoms with E-state index in [1.165, 1.54) is 0 Å². The molecule has 0 aromatic heterocycles. The van der Waals surface area contributed by atoms with Crippen molar-refractivity contribution in [1.82, 2.24) is 10.6 Å². The number of morpholine rings is 1. The Kier molecular flexibility index (Phi) is 4.55. The third-order valence-corrected chi connectivity index (χ3v) is 3.97. The highest BCUT2D eigenvalue weighted by molar-refractivity contribution is 5.82. The fourth-order valence-electron chi connectivity index (χ4n) is 1.43. The van der Waals surface area contributed by atoms with Crippen LogP contribution in [0.4, 0.5) is 0 Å². The first kappa shape index (κ1) is 14.5. The molecule has 100 valence electrons. The Morgan fingerprint density at radius 1 is 1.35 bits per heavy atom. The molecule has 2 N–H and O–H groups in total. The molecule has 0 aliphatic carbocycles. The summed E-state index contributed by atoms with van der Waals surface area (Å²) in [5.41, 5.74) is 0.231. The van der Waals surface area contributed by atoms with Crippen LogP contribution in [0.3, 0.4) is 0 Å². The third kappa shape index (κ3) is 3.96. The van der Waals surface area contributed by atoms with Crippen molar-refractivity contribution in [1.29, 1.82) is 0 Å². The predicted octanol–water partition coefficient (Wildman–Crippen LogP) is 1.16. The average Bonchev–Trinajstić information content (AvgIpc) is 2.25. The van der Waals surface area contributed by atoms with E-state index in [0.29, 0.717) is 19.8 Å². The van der Waals surface area contributed by atoms with Gasteiger partial charge in [0.15, 0.2) is 0 Å². The fraction of sp³-hybridized carbons (Fsp3) is 0.923. The highest BCUT2D eigenvalue weighted by Crippen LogP contribution is 2.36. The Morgan fingerprint density at radius 3 is 2.47 bits per heavy atom. The molecule has 0 radical (unpaired) electrons. The van der Waals surface area contributed by atoms with Crippen molar-refractivity contribution < 1.29 is 9.53 Å². The van der Waals surface area contributed by atoms with Crippen LogP contribution in [0.1, 0.15) is 34.6 Å². The number of amides is 1. The Bertz CT molecular complexity index is 263. The van der Waals surface area contributed by atoms with Crippen molar-refractivity contribution in [2.24, 2.45) is 10.8 Å². The van der Waals surface area contributed by atoms with Crippen molar-refractivity contribution >= 4 is 5.91 Å². The van der Waals surface area contributed by atoms with Gasteiger partial charge in [-0.2, -0.15) is 0 Å². The van der Waals surface area contributed by atoms with Crippen LogP contribution in [0.2, 0.25) is 0 Å². The van der Waals surface area contributed by atoms with Crippen molar-refractivity contribution in [2.75, 3.05) is 26.3 Å². The highest BCUT2D eigenvalue weighted by Gasteiger charge is 2.33. The molecule has 1 saturated heterocycles. The first-order chi connectivity index (χ1) is 7.74. The maximum absolute atomic E-state index is 11.9. The molecular weight excluding hydrogens is 216 g/mol. The molecule has 1 heterocycles. The highest BCUT2D eigenvalue weighted by atomic mass is 16.5. The smallest absolute Gasteiger partial charge is 0.239 e. The molecule has 0 aromatic rings. The summed E-state index contributed by atoms with van der Waals surface area (Å²) in [6, 6.07) is -0.195. The number of ether oxygens (including phenoxy) is 1. The number of hydrogen-bond donors (Lipinski definition) is 2. The second kappa shape index (κ2) is 5.36. The van der Waals surface area contributed by atoms with E-state index in [1.807, 2.05) is 0 Å². The normalized spacial score (nSPS) is 22.3. The van der Waals surface area contributed by atoms with Crippen LogP contribution in [0, 0.1) is 10.8 Å². The molecular formula is C13H26N2O2. The Morgan fingerprint density at radius 2 is 2.00 bits per heavy atom. The van der Waals surface area contributed by atoms with Gasteiger partial charge in [0.2, 0.25) is 5.91 Å². The molecule has 0 aromatic carbocycles. The first-order valence-electron chi connectivity index (χ1n) is 6.33. The topological polar surface area (TPSA) is 50.4 Å². The van der Waals surface area contributed by atoms with E-state index in [0.717, 1.165) is 6.54 Å². The van der Waals surface area contributed by atoms with Crippen LogP contribution in [0.25, 0.3) is 0 Å². The molecule has 4 nitrogen and oxygen atoms in total. The molecule has 1 atom stereocenters. The second-order valence-corrected chi connectivity index (χ2v) is 6.43. The lowest BCUT2D eigenvalue weighted by atomic mass is 9.69. The number of nitrogens with one attached hydrogen (secondary N) is 2. The second-order valence-electron chi connectivity index (χ2n) is 6.43. The van der Waals surface area contributed by atoms with Crippen LogP contribution in [-0.4, -0.2) is 38.3 Å². The van der Waals surface area contributed by atoms with Gasteiger partial charge in [-0.1, -0.05) is 34.6 Å². The van der Waals surface area contributed by atoms with E-state index < -0.39 is 0 Å².